The van der Waals surface area contributed by atoms with E-state index in [9.17, 15) is 4.79 Å². The highest BCUT2D eigenvalue weighted by atomic mass is 16.6. The van der Waals surface area contributed by atoms with E-state index < -0.39 is 6.16 Å². The van der Waals surface area contributed by atoms with E-state index in [0.29, 0.717) is 30.4 Å². The molecule has 1 aromatic heterocycles. The fourth-order valence-electron chi connectivity index (χ4n) is 3.87. The topological polar surface area (TPSA) is 111 Å². The van der Waals surface area contributed by atoms with Gasteiger partial charge >= 0.3 is 6.16 Å². The molecule has 4 rings (SSSR count). The summed E-state index contributed by atoms with van der Waals surface area (Å²) >= 11 is 0. The van der Waals surface area contributed by atoms with E-state index >= 15 is 0 Å². The van der Waals surface area contributed by atoms with E-state index in [-0.39, 0.29) is 5.91 Å². The Labute approximate surface area is 229 Å². The van der Waals surface area contributed by atoms with Crippen molar-refractivity contribution in [3.8, 4) is 0 Å². The third-order valence-corrected chi connectivity index (χ3v) is 6.07. The number of aromatic nitrogens is 2. The van der Waals surface area contributed by atoms with E-state index in [2.05, 4.69) is 31.9 Å². The molecule has 0 unspecified atom stereocenters. The Morgan fingerprint density at radius 2 is 1.67 bits per heavy atom. The Morgan fingerprint density at radius 3 is 2.26 bits per heavy atom. The minimum Gasteiger partial charge on any atom is -0.450 e. The summed E-state index contributed by atoms with van der Waals surface area (Å²) in [6, 6.07) is 19.8. The number of carbonyl (C=O) groups excluding carboxylic acids is 1. The van der Waals surface area contributed by atoms with Gasteiger partial charge < -0.3 is 29.9 Å². The standard InChI is InChI=1S/C27H32N6O.C2H4O3/c1-3-4-15-33(21-22-11-7-5-8-12-22)26(34)24-20-28-27(32-18-16-31(2)17-19-32)30-25(24)29-23-13-9-6-10-14-23;1-5-2(3)4/h3-14,20H,15-19,21H2,1-2H3,(H,28,29,30);1H3,(H,3,4)/b4-3+;. The molecule has 1 aliphatic heterocycles. The zero-order valence-corrected chi connectivity index (χ0v) is 22.7. The SMILES string of the molecule is C/C=C/CN(Cc1ccccc1)C(=O)c1cnc(N2CCN(C)CC2)nc1Nc1ccccc1.COC(=O)O. The predicted octanol–water partition coefficient (Wildman–Crippen LogP) is 4.50. The summed E-state index contributed by atoms with van der Waals surface area (Å²) in [4.78, 5) is 38.6. The average molecular weight is 533 g/mol. The van der Waals surface area contributed by atoms with Crippen molar-refractivity contribution in [3.05, 3.63) is 90.1 Å². The van der Waals surface area contributed by atoms with Gasteiger partial charge in [-0.15, -0.1) is 0 Å². The van der Waals surface area contributed by atoms with Crippen LogP contribution in [-0.4, -0.2) is 83.8 Å². The summed E-state index contributed by atoms with van der Waals surface area (Å²) < 4.78 is 3.67. The Hall–Kier alpha value is -4.44. The van der Waals surface area contributed by atoms with Crippen LogP contribution in [0.1, 0.15) is 22.8 Å². The van der Waals surface area contributed by atoms with Crippen molar-refractivity contribution in [2.24, 2.45) is 0 Å². The first-order valence-corrected chi connectivity index (χ1v) is 12.7. The molecule has 0 saturated carbocycles. The monoisotopic (exact) mass is 532 g/mol. The maximum Gasteiger partial charge on any atom is 0.505 e. The third-order valence-electron chi connectivity index (χ3n) is 6.07. The summed E-state index contributed by atoms with van der Waals surface area (Å²) in [6.45, 7) is 6.61. The second-order valence-corrected chi connectivity index (χ2v) is 8.92. The number of para-hydroxylation sites is 1. The Morgan fingerprint density at radius 1 is 1.05 bits per heavy atom. The normalized spacial score (nSPS) is 13.4. The van der Waals surface area contributed by atoms with Gasteiger partial charge in [0.15, 0.2) is 0 Å². The number of nitrogens with one attached hydrogen (secondary N) is 1. The molecular formula is C29H36N6O4. The molecule has 1 aliphatic rings. The minimum absolute atomic E-state index is 0.106. The number of allylic oxidation sites excluding steroid dienone is 1. The number of nitrogens with zero attached hydrogens (tertiary/aromatic N) is 5. The van der Waals surface area contributed by atoms with E-state index in [1.165, 1.54) is 0 Å². The van der Waals surface area contributed by atoms with Crippen molar-refractivity contribution in [2.45, 2.75) is 13.5 Å². The van der Waals surface area contributed by atoms with Crippen LogP contribution < -0.4 is 10.2 Å². The molecule has 2 heterocycles. The highest BCUT2D eigenvalue weighted by molar-refractivity contribution is 5.99. The second kappa shape index (κ2) is 15.1. The molecule has 0 radical (unpaired) electrons. The molecular weight excluding hydrogens is 496 g/mol. The van der Waals surface area contributed by atoms with Gasteiger partial charge in [0, 0.05) is 51.2 Å². The summed E-state index contributed by atoms with van der Waals surface area (Å²) in [5.41, 5.74) is 2.41. The van der Waals surface area contributed by atoms with Crippen molar-refractivity contribution in [1.29, 1.82) is 0 Å². The fraction of sp³-hybridized carbons (Fsp3) is 0.310. The van der Waals surface area contributed by atoms with Gasteiger partial charge in [0.2, 0.25) is 5.95 Å². The van der Waals surface area contributed by atoms with Gasteiger partial charge in [-0.3, -0.25) is 4.79 Å². The number of benzene rings is 2. The first kappa shape index (κ1) is 29.1. The molecule has 0 bridgehead atoms. The minimum atomic E-state index is -1.25. The molecule has 1 saturated heterocycles. The van der Waals surface area contributed by atoms with Gasteiger partial charge in [0.05, 0.1) is 7.11 Å². The van der Waals surface area contributed by atoms with Crippen LogP contribution in [-0.2, 0) is 11.3 Å². The number of hydrogen-bond acceptors (Lipinski definition) is 8. The van der Waals surface area contributed by atoms with Gasteiger partial charge in [0.25, 0.3) is 5.91 Å². The molecule has 2 N–H and O–H groups in total. The predicted molar refractivity (Wildman–Crippen MR) is 152 cm³/mol. The second-order valence-electron chi connectivity index (χ2n) is 8.92. The largest absolute Gasteiger partial charge is 0.505 e. The molecule has 39 heavy (non-hydrogen) atoms. The van der Waals surface area contributed by atoms with Crippen molar-refractivity contribution in [1.82, 2.24) is 19.8 Å². The average Bonchev–Trinajstić information content (AvgIpc) is 2.96. The number of carbonyl (C=O) groups is 2. The number of ether oxygens (including phenoxy) is 1. The number of carboxylic acid groups (broad SMARTS) is 1. The fourth-order valence-corrected chi connectivity index (χ4v) is 3.87. The molecule has 3 aromatic rings. The number of rotatable bonds is 8. The van der Waals surface area contributed by atoms with E-state index in [1.54, 1.807) is 6.20 Å². The number of likely N-dealkylation sites (N-methyl/N-ethyl adjacent to an activating group) is 1. The van der Waals surface area contributed by atoms with Gasteiger partial charge in [0.1, 0.15) is 11.4 Å². The van der Waals surface area contributed by atoms with E-state index in [1.807, 2.05) is 84.6 Å². The molecule has 0 atom stereocenters. The van der Waals surface area contributed by atoms with Crippen LogP contribution in [0.4, 0.5) is 22.2 Å². The van der Waals surface area contributed by atoms with Crippen molar-refractivity contribution >= 4 is 29.5 Å². The lowest BCUT2D eigenvalue weighted by Crippen LogP contribution is -2.45. The summed E-state index contributed by atoms with van der Waals surface area (Å²) in [6.07, 6.45) is 4.37. The molecule has 10 heteroatoms. The highest BCUT2D eigenvalue weighted by Crippen LogP contribution is 2.24. The number of anilines is 3. The smallest absolute Gasteiger partial charge is 0.450 e. The first-order chi connectivity index (χ1) is 18.9. The third kappa shape index (κ3) is 9.11. The number of methoxy groups -OCH3 is 1. The summed E-state index contributed by atoms with van der Waals surface area (Å²) in [5, 5.41) is 10.9. The lowest BCUT2D eigenvalue weighted by Gasteiger charge is -2.32. The maximum absolute atomic E-state index is 13.7. The Kier molecular flexibility index (Phi) is 11.3. The van der Waals surface area contributed by atoms with Crippen molar-refractivity contribution < 1.29 is 19.4 Å². The first-order valence-electron chi connectivity index (χ1n) is 12.7. The molecule has 1 fully saturated rings. The number of amides is 1. The van der Waals surface area contributed by atoms with E-state index in [0.717, 1.165) is 44.5 Å². The summed E-state index contributed by atoms with van der Waals surface area (Å²) in [7, 11) is 3.22. The van der Waals surface area contributed by atoms with Crippen LogP contribution in [0.3, 0.4) is 0 Å². The van der Waals surface area contributed by atoms with Crippen LogP contribution >= 0.6 is 0 Å². The highest BCUT2D eigenvalue weighted by Gasteiger charge is 2.23. The maximum atomic E-state index is 13.7. The van der Waals surface area contributed by atoms with Gasteiger partial charge in [-0.25, -0.2) is 9.78 Å². The van der Waals surface area contributed by atoms with Crippen LogP contribution in [0.5, 0.6) is 0 Å². The molecule has 1 amide bonds. The lowest BCUT2D eigenvalue weighted by atomic mass is 10.2. The molecule has 10 nitrogen and oxygen atoms in total. The van der Waals surface area contributed by atoms with Crippen LogP contribution in [0.15, 0.2) is 79.0 Å². The number of hydrogen-bond donors (Lipinski definition) is 2. The van der Waals surface area contributed by atoms with Crippen LogP contribution in [0.2, 0.25) is 0 Å². The van der Waals surface area contributed by atoms with Gasteiger partial charge in [-0.2, -0.15) is 4.98 Å². The Balaban J connectivity index is 0.000000771. The zero-order valence-electron chi connectivity index (χ0n) is 22.7. The van der Waals surface area contributed by atoms with Gasteiger partial charge in [-0.05, 0) is 31.7 Å². The van der Waals surface area contributed by atoms with Crippen molar-refractivity contribution in [2.75, 3.05) is 57.1 Å². The van der Waals surface area contributed by atoms with Crippen LogP contribution in [0.25, 0.3) is 0 Å². The molecule has 2 aromatic carbocycles. The van der Waals surface area contributed by atoms with Crippen LogP contribution in [0, 0.1) is 0 Å². The molecule has 0 aliphatic carbocycles. The Bertz CT molecular complexity index is 1210. The zero-order chi connectivity index (χ0) is 28.0. The van der Waals surface area contributed by atoms with Gasteiger partial charge in [-0.1, -0.05) is 60.7 Å². The lowest BCUT2D eigenvalue weighted by molar-refractivity contribution is 0.0762. The molecule has 206 valence electrons. The van der Waals surface area contributed by atoms with E-state index in [4.69, 9.17) is 14.9 Å². The molecule has 0 spiro atoms. The van der Waals surface area contributed by atoms with Crippen molar-refractivity contribution in [3.63, 3.8) is 0 Å². The summed E-state index contributed by atoms with van der Waals surface area (Å²) in [5.74, 6) is 1.06. The quantitative estimate of drug-likeness (QED) is 0.320. The number of piperazine rings is 1.